The zero-order chi connectivity index (χ0) is 15.2. The fourth-order valence-electron chi connectivity index (χ4n) is 3.60. The first-order valence-corrected chi connectivity index (χ1v) is 8.59. The van der Waals surface area contributed by atoms with Gasteiger partial charge in [0.1, 0.15) is 0 Å². The topological polar surface area (TPSA) is 44.4 Å². The Hall–Kier alpha value is -1.39. The predicted octanol–water partition coefficient (Wildman–Crippen LogP) is 1.77. The van der Waals surface area contributed by atoms with Gasteiger partial charge >= 0.3 is 0 Å². The fourth-order valence-corrected chi connectivity index (χ4v) is 3.60. The highest BCUT2D eigenvalue weighted by Crippen LogP contribution is 2.20. The van der Waals surface area contributed by atoms with E-state index in [-0.39, 0.29) is 11.8 Å². The summed E-state index contributed by atoms with van der Waals surface area (Å²) < 4.78 is 0. The Balaban J connectivity index is 1.47. The average molecular weight is 301 g/mol. The number of carbonyl (C=O) groups is 1. The Bertz CT molecular complexity index is 470. The number of rotatable bonds is 5. The molecule has 1 amide bonds. The van der Waals surface area contributed by atoms with Gasteiger partial charge in [-0.1, -0.05) is 30.3 Å². The summed E-state index contributed by atoms with van der Waals surface area (Å²) in [4.78, 5) is 14.8. The van der Waals surface area contributed by atoms with E-state index < -0.39 is 0 Å². The SMILES string of the molecule is O=C(NCC1CCCN1Cc1ccccc1)C1CCNCC1. The maximum atomic E-state index is 12.3. The van der Waals surface area contributed by atoms with Crippen LogP contribution in [0.3, 0.4) is 0 Å². The highest BCUT2D eigenvalue weighted by Gasteiger charge is 2.26. The summed E-state index contributed by atoms with van der Waals surface area (Å²) in [5.74, 6) is 0.471. The quantitative estimate of drug-likeness (QED) is 0.871. The first-order valence-electron chi connectivity index (χ1n) is 8.59. The van der Waals surface area contributed by atoms with E-state index in [1.807, 2.05) is 0 Å². The second kappa shape index (κ2) is 7.75. The number of amides is 1. The lowest BCUT2D eigenvalue weighted by atomic mass is 9.97. The van der Waals surface area contributed by atoms with Gasteiger partial charge in [0.2, 0.25) is 5.91 Å². The van der Waals surface area contributed by atoms with Crippen molar-refractivity contribution in [2.75, 3.05) is 26.2 Å². The lowest BCUT2D eigenvalue weighted by Crippen LogP contribution is -2.44. The van der Waals surface area contributed by atoms with Gasteiger partial charge in [-0.05, 0) is 50.9 Å². The molecule has 0 saturated carbocycles. The molecule has 0 radical (unpaired) electrons. The highest BCUT2D eigenvalue weighted by molar-refractivity contribution is 5.78. The zero-order valence-corrected chi connectivity index (χ0v) is 13.3. The molecule has 120 valence electrons. The molecule has 1 atom stereocenters. The standard InChI is InChI=1S/C18H27N3O/c22-18(16-8-10-19-11-9-16)20-13-17-7-4-12-21(17)14-15-5-2-1-3-6-15/h1-3,5-6,16-17,19H,4,7-14H2,(H,20,22). The number of hydrogen-bond acceptors (Lipinski definition) is 3. The second-order valence-electron chi connectivity index (χ2n) is 6.52. The Morgan fingerprint density at radius 3 is 2.73 bits per heavy atom. The molecule has 0 spiro atoms. The molecule has 4 nitrogen and oxygen atoms in total. The van der Waals surface area contributed by atoms with Crippen LogP contribution in [0.4, 0.5) is 0 Å². The van der Waals surface area contributed by atoms with E-state index in [1.165, 1.54) is 18.4 Å². The summed E-state index contributed by atoms with van der Waals surface area (Å²) in [5.41, 5.74) is 1.36. The lowest BCUT2D eigenvalue weighted by molar-refractivity contribution is -0.125. The number of nitrogens with zero attached hydrogens (tertiary/aromatic N) is 1. The minimum Gasteiger partial charge on any atom is -0.354 e. The van der Waals surface area contributed by atoms with Gasteiger partial charge in [0.05, 0.1) is 0 Å². The van der Waals surface area contributed by atoms with Crippen molar-refractivity contribution in [3.05, 3.63) is 35.9 Å². The number of carbonyl (C=O) groups excluding carboxylic acids is 1. The first kappa shape index (κ1) is 15.5. The van der Waals surface area contributed by atoms with Gasteiger partial charge < -0.3 is 10.6 Å². The first-order chi connectivity index (χ1) is 10.8. The Morgan fingerprint density at radius 2 is 1.95 bits per heavy atom. The van der Waals surface area contributed by atoms with Crippen molar-refractivity contribution in [3.8, 4) is 0 Å². The zero-order valence-electron chi connectivity index (χ0n) is 13.3. The molecule has 4 heteroatoms. The molecule has 2 aliphatic rings. The molecule has 2 saturated heterocycles. The van der Waals surface area contributed by atoms with Gasteiger partial charge in [0, 0.05) is 25.0 Å². The van der Waals surface area contributed by atoms with E-state index in [9.17, 15) is 4.79 Å². The monoisotopic (exact) mass is 301 g/mol. The second-order valence-corrected chi connectivity index (χ2v) is 6.52. The van der Waals surface area contributed by atoms with Crippen molar-refractivity contribution < 1.29 is 4.79 Å². The van der Waals surface area contributed by atoms with Crippen LogP contribution in [0.25, 0.3) is 0 Å². The number of likely N-dealkylation sites (tertiary alicyclic amines) is 1. The molecule has 0 aromatic heterocycles. The van der Waals surface area contributed by atoms with Crippen LogP contribution in [-0.2, 0) is 11.3 Å². The van der Waals surface area contributed by atoms with Crippen molar-refractivity contribution in [1.29, 1.82) is 0 Å². The highest BCUT2D eigenvalue weighted by atomic mass is 16.1. The molecule has 1 unspecified atom stereocenters. The van der Waals surface area contributed by atoms with Gasteiger partial charge in [-0.25, -0.2) is 0 Å². The molecule has 2 N–H and O–H groups in total. The molecule has 2 heterocycles. The van der Waals surface area contributed by atoms with Crippen LogP contribution < -0.4 is 10.6 Å². The van der Waals surface area contributed by atoms with E-state index in [4.69, 9.17) is 0 Å². The average Bonchev–Trinajstić information content (AvgIpc) is 3.01. The molecule has 0 aliphatic carbocycles. The molecule has 1 aromatic carbocycles. The third-order valence-electron chi connectivity index (χ3n) is 4.95. The smallest absolute Gasteiger partial charge is 0.223 e. The van der Waals surface area contributed by atoms with Gasteiger partial charge in [-0.15, -0.1) is 0 Å². The van der Waals surface area contributed by atoms with Gasteiger partial charge in [0.25, 0.3) is 0 Å². The van der Waals surface area contributed by atoms with E-state index in [2.05, 4.69) is 45.9 Å². The van der Waals surface area contributed by atoms with Crippen LogP contribution in [0.1, 0.15) is 31.2 Å². The van der Waals surface area contributed by atoms with E-state index >= 15 is 0 Å². The van der Waals surface area contributed by atoms with Gasteiger partial charge in [-0.2, -0.15) is 0 Å². The summed E-state index contributed by atoms with van der Waals surface area (Å²) >= 11 is 0. The summed E-state index contributed by atoms with van der Waals surface area (Å²) in [6.45, 7) is 4.89. The maximum Gasteiger partial charge on any atom is 0.223 e. The van der Waals surface area contributed by atoms with Gasteiger partial charge in [0.15, 0.2) is 0 Å². The fraction of sp³-hybridized carbons (Fsp3) is 0.611. The molecule has 0 bridgehead atoms. The lowest BCUT2D eigenvalue weighted by Gasteiger charge is -2.27. The van der Waals surface area contributed by atoms with E-state index in [0.717, 1.165) is 45.6 Å². The number of piperidine rings is 1. The Morgan fingerprint density at radius 1 is 1.18 bits per heavy atom. The van der Waals surface area contributed by atoms with Crippen molar-refractivity contribution in [1.82, 2.24) is 15.5 Å². The number of benzene rings is 1. The van der Waals surface area contributed by atoms with Crippen molar-refractivity contribution in [2.24, 2.45) is 5.92 Å². The summed E-state index contributed by atoms with van der Waals surface area (Å²) in [6, 6.07) is 11.1. The van der Waals surface area contributed by atoms with Crippen LogP contribution in [0.15, 0.2) is 30.3 Å². The van der Waals surface area contributed by atoms with E-state index in [0.29, 0.717) is 6.04 Å². The van der Waals surface area contributed by atoms with Crippen LogP contribution in [0.2, 0.25) is 0 Å². The van der Waals surface area contributed by atoms with Crippen LogP contribution >= 0.6 is 0 Å². The minimum atomic E-state index is 0.213. The summed E-state index contributed by atoms with van der Waals surface area (Å²) in [5, 5.41) is 6.51. The summed E-state index contributed by atoms with van der Waals surface area (Å²) in [7, 11) is 0. The molecular formula is C18H27N3O. The van der Waals surface area contributed by atoms with Crippen molar-refractivity contribution >= 4 is 5.91 Å². The molecule has 2 aliphatic heterocycles. The maximum absolute atomic E-state index is 12.3. The van der Waals surface area contributed by atoms with Crippen LogP contribution in [0, 0.1) is 5.92 Å². The van der Waals surface area contributed by atoms with Crippen LogP contribution in [0.5, 0.6) is 0 Å². The molecule has 3 rings (SSSR count). The number of nitrogens with one attached hydrogen (secondary N) is 2. The molecular weight excluding hydrogens is 274 g/mol. The number of hydrogen-bond donors (Lipinski definition) is 2. The van der Waals surface area contributed by atoms with Gasteiger partial charge in [-0.3, -0.25) is 9.69 Å². The van der Waals surface area contributed by atoms with Crippen LogP contribution in [-0.4, -0.2) is 43.0 Å². The minimum absolute atomic E-state index is 0.213. The Kier molecular flexibility index (Phi) is 5.46. The third-order valence-corrected chi connectivity index (χ3v) is 4.95. The molecule has 22 heavy (non-hydrogen) atoms. The predicted molar refractivity (Wildman–Crippen MR) is 88.5 cm³/mol. The Labute approximate surface area is 133 Å². The largest absolute Gasteiger partial charge is 0.354 e. The summed E-state index contributed by atoms with van der Waals surface area (Å²) in [6.07, 6.45) is 4.38. The van der Waals surface area contributed by atoms with Crippen molar-refractivity contribution in [3.63, 3.8) is 0 Å². The normalized spacial score (nSPS) is 23.5. The third kappa shape index (κ3) is 4.08. The van der Waals surface area contributed by atoms with Crippen molar-refractivity contribution in [2.45, 2.75) is 38.3 Å². The molecule has 1 aromatic rings. The van der Waals surface area contributed by atoms with E-state index in [1.54, 1.807) is 0 Å². The molecule has 2 fully saturated rings.